The van der Waals surface area contributed by atoms with E-state index in [0.29, 0.717) is 17.3 Å². The number of oxazole rings is 1. The van der Waals surface area contributed by atoms with Gasteiger partial charge in [-0.05, 0) is 43.7 Å². The Kier molecular flexibility index (Phi) is 3.74. The standard InChI is InChI=1S/C18H16N2O2/c1-12-7-6-10-15(11-12)19-17(21)16-13(2)22-18(20-16)14-8-4-3-5-9-14/h3-11H,1-2H3,(H,19,21). The third-order valence-corrected chi connectivity index (χ3v) is 3.31. The highest BCUT2D eigenvalue weighted by molar-refractivity contribution is 6.03. The summed E-state index contributed by atoms with van der Waals surface area (Å²) < 4.78 is 5.61. The van der Waals surface area contributed by atoms with Crippen molar-refractivity contribution in [2.24, 2.45) is 0 Å². The number of nitrogens with zero attached hydrogens (tertiary/aromatic N) is 1. The van der Waals surface area contributed by atoms with Crippen LogP contribution in [0.5, 0.6) is 0 Å². The summed E-state index contributed by atoms with van der Waals surface area (Å²) in [5.41, 5.74) is 2.98. The van der Waals surface area contributed by atoms with Crippen LogP contribution < -0.4 is 5.32 Å². The number of carbonyl (C=O) groups is 1. The lowest BCUT2D eigenvalue weighted by Gasteiger charge is -2.04. The van der Waals surface area contributed by atoms with Gasteiger partial charge in [-0.15, -0.1) is 0 Å². The van der Waals surface area contributed by atoms with Crippen LogP contribution in [-0.2, 0) is 0 Å². The zero-order chi connectivity index (χ0) is 15.5. The van der Waals surface area contributed by atoms with Crippen LogP contribution in [0.3, 0.4) is 0 Å². The summed E-state index contributed by atoms with van der Waals surface area (Å²) >= 11 is 0. The molecule has 0 saturated heterocycles. The molecule has 0 atom stereocenters. The van der Waals surface area contributed by atoms with Gasteiger partial charge in [0, 0.05) is 11.3 Å². The highest BCUT2D eigenvalue weighted by Crippen LogP contribution is 2.22. The van der Waals surface area contributed by atoms with Gasteiger partial charge in [-0.1, -0.05) is 30.3 Å². The first-order valence-electron chi connectivity index (χ1n) is 7.04. The highest BCUT2D eigenvalue weighted by Gasteiger charge is 2.18. The van der Waals surface area contributed by atoms with Gasteiger partial charge >= 0.3 is 0 Å². The van der Waals surface area contributed by atoms with Crippen molar-refractivity contribution >= 4 is 11.6 Å². The van der Waals surface area contributed by atoms with E-state index < -0.39 is 0 Å². The van der Waals surface area contributed by atoms with Crippen molar-refractivity contribution in [3.8, 4) is 11.5 Å². The van der Waals surface area contributed by atoms with Crippen molar-refractivity contribution in [3.05, 3.63) is 71.6 Å². The van der Waals surface area contributed by atoms with Gasteiger partial charge < -0.3 is 9.73 Å². The van der Waals surface area contributed by atoms with Crippen LogP contribution in [0, 0.1) is 13.8 Å². The Morgan fingerprint density at radius 1 is 1.05 bits per heavy atom. The third kappa shape index (κ3) is 2.91. The van der Waals surface area contributed by atoms with Gasteiger partial charge in [0.15, 0.2) is 5.69 Å². The molecule has 0 aliphatic carbocycles. The fourth-order valence-corrected chi connectivity index (χ4v) is 2.22. The second-order valence-corrected chi connectivity index (χ2v) is 5.11. The van der Waals surface area contributed by atoms with Crippen molar-refractivity contribution in [1.29, 1.82) is 0 Å². The molecule has 1 heterocycles. The molecule has 4 nitrogen and oxygen atoms in total. The van der Waals surface area contributed by atoms with Gasteiger partial charge in [0.25, 0.3) is 5.91 Å². The van der Waals surface area contributed by atoms with E-state index in [-0.39, 0.29) is 5.91 Å². The van der Waals surface area contributed by atoms with Crippen LogP contribution in [0.4, 0.5) is 5.69 Å². The molecule has 0 aliphatic heterocycles. The molecular formula is C18H16N2O2. The fraction of sp³-hybridized carbons (Fsp3) is 0.111. The highest BCUT2D eigenvalue weighted by atomic mass is 16.4. The normalized spacial score (nSPS) is 10.5. The van der Waals surface area contributed by atoms with E-state index in [1.165, 1.54) is 0 Å². The molecule has 1 aromatic heterocycles. The molecule has 0 radical (unpaired) electrons. The number of anilines is 1. The van der Waals surface area contributed by atoms with Crippen LogP contribution in [0.2, 0.25) is 0 Å². The lowest BCUT2D eigenvalue weighted by atomic mass is 10.2. The number of hydrogen-bond donors (Lipinski definition) is 1. The molecular weight excluding hydrogens is 276 g/mol. The van der Waals surface area contributed by atoms with E-state index in [9.17, 15) is 4.79 Å². The van der Waals surface area contributed by atoms with Gasteiger partial charge in [0.2, 0.25) is 5.89 Å². The van der Waals surface area contributed by atoms with Gasteiger partial charge in [-0.3, -0.25) is 4.79 Å². The van der Waals surface area contributed by atoms with E-state index in [0.717, 1.165) is 16.8 Å². The maximum Gasteiger partial charge on any atom is 0.277 e. The fourth-order valence-electron chi connectivity index (χ4n) is 2.22. The third-order valence-electron chi connectivity index (χ3n) is 3.31. The molecule has 0 bridgehead atoms. The zero-order valence-electron chi connectivity index (χ0n) is 12.5. The summed E-state index contributed by atoms with van der Waals surface area (Å²) in [6.45, 7) is 3.72. The molecule has 0 unspecified atom stereocenters. The smallest absolute Gasteiger partial charge is 0.277 e. The molecule has 3 aromatic rings. The minimum atomic E-state index is -0.269. The molecule has 2 aromatic carbocycles. The van der Waals surface area contributed by atoms with Crippen LogP contribution in [0.25, 0.3) is 11.5 Å². The van der Waals surface area contributed by atoms with Gasteiger partial charge in [0.1, 0.15) is 5.76 Å². The first kappa shape index (κ1) is 14.1. The largest absolute Gasteiger partial charge is 0.441 e. The average Bonchev–Trinajstić information content (AvgIpc) is 2.90. The summed E-state index contributed by atoms with van der Waals surface area (Å²) in [5.74, 6) is 0.686. The van der Waals surface area contributed by atoms with Crippen molar-refractivity contribution in [1.82, 2.24) is 4.98 Å². The summed E-state index contributed by atoms with van der Waals surface area (Å²) in [5, 5.41) is 2.84. The number of hydrogen-bond acceptors (Lipinski definition) is 3. The number of nitrogens with one attached hydrogen (secondary N) is 1. The number of aryl methyl sites for hydroxylation is 2. The molecule has 0 fully saturated rings. The number of carbonyl (C=O) groups excluding carboxylic acids is 1. The van der Waals surface area contributed by atoms with E-state index in [4.69, 9.17) is 4.42 Å². The first-order chi connectivity index (χ1) is 10.6. The van der Waals surface area contributed by atoms with Crippen molar-refractivity contribution in [3.63, 3.8) is 0 Å². The van der Waals surface area contributed by atoms with E-state index >= 15 is 0 Å². The van der Waals surface area contributed by atoms with E-state index in [1.54, 1.807) is 6.92 Å². The number of aromatic nitrogens is 1. The SMILES string of the molecule is Cc1cccc(NC(=O)c2nc(-c3ccccc3)oc2C)c1. The average molecular weight is 292 g/mol. The second kappa shape index (κ2) is 5.85. The molecule has 110 valence electrons. The second-order valence-electron chi connectivity index (χ2n) is 5.11. The first-order valence-corrected chi connectivity index (χ1v) is 7.04. The van der Waals surface area contributed by atoms with Gasteiger partial charge in [-0.25, -0.2) is 4.98 Å². The Morgan fingerprint density at radius 3 is 2.55 bits per heavy atom. The molecule has 4 heteroatoms. The van der Waals surface area contributed by atoms with Crippen molar-refractivity contribution in [2.45, 2.75) is 13.8 Å². The summed E-state index contributed by atoms with van der Waals surface area (Å²) in [4.78, 5) is 16.7. The van der Waals surface area contributed by atoms with E-state index in [1.807, 2.05) is 61.5 Å². The molecule has 0 aliphatic rings. The van der Waals surface area contributed by atoms with Crippen LogP contribution in [0.1, 0.15) is 21.8 Å². The summed E-state index contributed by atoms with van der Waals surface area (Å²) in [6, 6.07) is 17.2. The maximum absolute atomic E-state index is 12.4. The van der Waals surface area contributed by atoms with Crippen LogP contribution >= 0.6 is 0 Å². The lowest BCUT2D eigenvalue weighted by molar-refractivity contribution is 0.102. The van der Waals surface area contributed by atoms with Crippen molar-refractivity contribution < 1.29 is 9.21 Å². The van der Waals surface area contributed by atoms with Crippen LogP contribution in [-0.4, -0.2) is 10.9 Å². The lowest BCUT2D eigenvalue weighted by Crippen LogP contribution is -2.13. The summed E-state index contributed by atoms with van der Waals surface area (Å²) in [7, 11) is 0. The van der Waals surface area contributed by atoms with Gasteiger partial charge in [0.05, 0.1) is 0 Å². The Hall–Kier alpha value is -2.88. The minimum absolute atomic E-state index is 0.269. The Morgan fingerprint density at radius 2 is 1.82 bits per heavy atom. The molecule has 3 rings (SSSR count). The predicted molar refractivity (Wildman–Crippen MR) is 85.8 cm³/mol. The monoisotopic (exact) mass is 292 g/mol. The quantitative estimate of drug-likeness (QED) is 0.786. The molecule has 0 saturated carbocycles. The van der Waals surface area contributed by atoms with Gasteiger partial charge in [-0.2, -0.15) is 0 Å². The molecule has 1 amide bonds. The Bertz CT molecular complexity index is 807. The number of amides is 1. The van der Waals surface area contributed by atoms with Crippen LogP contribution in [0.15, 0.2) is 59.0 Å². The molecule has 1 N–H and O–H groups in total. The minimum Gasteiger partial charge on any atom is -0.441 e. The molecule has 0 spiro atoms. The number of rotatable bonds is 3. The zero-order valence-corrected chi connectivity index (χ0v) is 12.5. The van der Waals surface area contributed by atoms with E-state index in [2.05, 4.69) is 10.3 Å². The summed E-state index contributed by atoms with van der Waals surface area (Å²) in [6.07, 6.45) is 0. The topological polar surface area (TPSA) is 55.1 Å². The Balaban J connectivity index is 1.86. The Labute approximate surface area is 128 Å². The number of benzene rings is 2. The molecule has 22 heavy (non-hydrogen) atoms. The predicted octanol–water partition coefficient (Wildman–Crippen LogP) is 4.21. The maximum atomic E-state index is 12.4. The van der Waals surface area contributed by atoms with Crippen molar-refractivity contribution in [2.75, 3.05) is 5.32 Å².